The summed E-state index contributed by atoms with van der Waals surface area (Å²) < 4.78 is 9.10. The highest BCUT2D eigenvalue weighted by Gasteiger charge is 2.36. The molecule has 1 aliphatic rings. The Morgan fingerprint density at radius 2 is 1.79 bits per heavy atom. The predicted octanol–water partition coefficient (Wildman–Crippen LogP) is 5.27. The van der Waals surface area contributed by atoms with E-state index in [-0.39, 0.29) is 25.2 Å². The second-order valence-electron chi connectivity index (χ2n) is 9.75. The Balaban J connectivity index is 1.64. The standard InChI is InChI=1S/C30H33N5O3/c1-5-38-27(36)18-31-30(37)34-19-25-21(4)32-35(24-10-7-6-8-11-24)29(25)33-17-9-12-26(33)28(34)23-15-13-22(14-16-23)20(2)3/h6-17,20,28H,5,18-19H2,1-4H3,(H,31,37). The molecule has 196 valence electrons. The van der Waals surface area contributed by atoms with E-state index >= 15 is 0 Å². The molecule has 1 N–H and O–H groups in total. The number of nitrogens with zero attached hydrogens (tertiary/aromatic N) is 4. The molecule has 0 fully saturated rings. The summed E-state index contributed by atoms with van der Waals surface area (Å²) >= 11 is 0. The quantitative estimate of drug-likeness (QED) is 0.358. The van der Waals surface area contributed by atoms with Crippen LogP contribution in [-0.4, -0.2) is 44.4 Å². The predicted molar refractivity (Wildman–Crippen MR) is 146 cm³/mol. The van der Waals surface area contributed by atoms with Crippen LogP contribution in [-0.2, 0) is 16.1 Å². The lowest BCUT2D eigenvalue weighted by molar-refractivity contribution is -0.141. The molecule has 1 unspecified atom stereocenters. The van der Waals surface area contributed by atoms with Crippen molar-refractivity contribution >= 4 is 12.0 Å². The number of aryl methyl sites for hydroxylation is 1. The Morgan fingerprint density at radius 3 is 2.47 bits per heavy atom. The minimum atomic E-state index is -0.467. The van der Waals surface area contributed by atoms with Crippen LogP contribution in [0.5, 0.6) is 0 Å². The van der Waals surface area contributed by atoms with Gasteiger partial charge in [0.25, 0.3) is 0 Å². The first-order chi connectivity index (χ1) is 18.4. The smallest absolute Gasteiger partial charge is 0.325 e. The van der Waals surface area contributed by atoms with E-state index in [0.717, 1.165) is 34.0 Å². The van der Waals surface area contributed by atoms with E-state index in [1.807, 2.05) is 60.3 Å². The molecular weight excluding hydrogens is 478 g/mol. The molecule has 0 aliphatic carbocycles. The maximum atomic E-state index is 13.7. The SMILES string of the molecule is CCOC(=O)CNC(=O)N1Cc2c(C)nn(-c3ccccc3)c2-n2cccc2C1c1ccc(C(C)C)cc1. The number of esters is 1. The van der Waals surface area contributed by atoms with E-state index in [4.69, 9.17) is 9.84 Å². The van der Waals surface area contributed by atoms with Gasteiger partial charge < -0.3 is 19.5 Å². The lowest BCUT2D eigenvalue weighted by Gasteiger charge is -2.31. The minimum absolute atomic E-state index is 0.196. The van der Waals surface area contributed by atoms with Gasteiger partial charge in [-0.1, -0.05) is 56.3 Å². The van der Waals surface area contributed by atoms with Crippen LogP contribution in [0, 0.1) is 6.92 Å². The van der Waals surface area contributed by atoms with Crippen LogP contribution in [0.3, 0.4) is 0 Å². The molecule has 0 spiro atoms. The van der Waals surface area contributed by atoms with Crippen molar-refractivity contribution in [3.8, 4) is 11.5 Å². The summed E-state index contributed by atoms with van der Waals surface area (Å²) in [5.74, 6) is 0.832. The van der Waals surface area contributed by atoms with E-state index in [0.29, 0.717) is 12.5 Å². The van der Waals surface area contributed by atoms with Crippen LogP contribution in [0.25, 0.3) is 11.5 Å². The van der Waals surface area contributed by atoms with Crippen molar-refractivity contribution < 1.29 is 14.3 Å². The molecule has 0 saturated carbocycles. The molecule has 5 rings (SSSR count). The number of hydrogen-bond donors (Lipinski definition) is 1. The number of rotatable bonds is 6. The monoisotopic (exact) mass is 511 g/mol. The number of para-hydroxylation sites is 1. The van der Waals surface area contributed by atoms with Crippen LogP contribution in [0.15, 0.2) is 72.9 Å². The number of benzene rings is 2. The van der Waals surface area contributed by atoms with Crippen molar-refractivity contribution in [2.24, 2.45) is 0 Å². The summed E-state index contributed by atoms with van der Waals surface area (Å²) in [7, 11) is 0. The number of ether oxygens (including phenoxy) is 1. The first-order valence-electron chi connectivity index (χ1n) is 13.0. The van der Waals surface area contributed by atoms with Crippen molar-refractivity contribution in [2.75, 3.05) is 13.2 Å². The molecule has 0 radical (unpaired) electrons. The van der Waals surface area contributed by atoms with E-state index < -0.39 is 5.97 Å². The first kappa shape index (κ1) is 25.3. The van der Waals surface area contributed by atoms with E-state index in [1.54, 1.807) is 11.8 Å². The fourth-order valence-corrected chi connectivity index (χ4v) is 5.02. The molecule has 4 aromatic rings. The van der Waals surface area contributed by atoms with Crippen LogP contribution in [0.2, 0.25) is 0 Å². The molecule has 8 heteroatoms. The number of carbonyl (C=O) groups is 2. The van der Waals surface area contributed by atoms with E-state index in [1.165, 1.54) is 5.56 Å². The van der Waals surface area contributed by atoms with Crippen molar-refractivity contribution in [3.05, 3.63) is 101 Å². The summed E-state index contributed by atoms with van der Waals surface area (Å²) in [4.78, 5) is 27.5. The van der Waals surface area contributed by atoms with Gasteiger partial charge in [-0.2, -0.15) is 5.10 Å². The highest BCUT2D eigenvalue weighted by Crippen LogP contribution is 2.38. The Labute approximate surface area is 222 Å². The van der Waals surface area contributed by atoms with Gasteiger partial charge in [-0.3, -0.25) is 4.79 Å². The molecule has 38 heavy (non-hydrogen) atoms. The Kier molecular flexibility index (Phi) is 7.05. The van der Waals surface area contributed by atoms with Crippen molar-refractivity contribution in [2.45, 2.75) is 46.2 Å². The molecule has 8 nitrogen and oxygen atoms in total. The summed E-state index contributed by atoms with van der Waals surface area (Å²) in [6.07, 6.45) is 2.02. The molecule has 2 aromatic heterocycles. The van der Waals surface area contributed by atoms with Crippen LogP contribution in [0.4, 0.5) is 4.79 Å². The number of hydrogen-bond acceptors (Lipinski definition) is 4. The third-order valence-electron chi connectivity index (χ3n) is 6.96. The van der Waals surface area contributed by atoms with Gasteiger partial charge in [0.05, 0.1) is 36.3 Å². The number of carbonyl (C=O) groups excluding carboxylic acids is 2. The molecule has 3 heterocycles. The van der Waals surface area contributed by atoms with E-state index in [9.17, 15) is 9.59 Å². The fraction of sp³-hybridized carbons (Fsp3) is 0.300. The second kappa shape index (κ2) is 10.6. The number of urea groups is 1. The normalized spacial score (nSPS) is 14.6. The average Bonchev–Trinajstić information content (AvgIpc) is 3.48. The zero-order valence-electron chi connectivity index (χ0n) is 22.2. The van der Waals surface area contributed by atoms with Crippen LogP contribution < -0.4 is 5.32 Å². The summed E-state index contributed by atoms with van der Waals surface area (Å²) in [5, 5.41) is 7.65. The molecule has 0 saturated heterocycles. The van der Waals surface area contributed by atoms with Gasteiger partial charge in [-0.05, 0) is 55.2 Å². The Hall–Kier alpha value is -4.33. The largest absolute Gasteiger partial charge is 0.465 e. The number of nitrogens with one attached hydrogen (secondary N) is 1. The van der Waals surface area contributed by atoms with Crippen LogP contribution in [0.1, 0.15) is 60.8 Å². The highest BCUT2D eigenvalue weighted by atomic mass is 16.5. The molecule has 2 amide bonds. The number of amides is 2. The van der Waals surface area contributed by atoms with Gasteiger partial charge in [-0.15, -0.1) is 0 Å². The molecule has 1 atom stereocenters. The van der Waals surface area contributed by atoms with Crippen molar-refractivity contribution in [3.63, 3.8) is 0 Å². The maximum Gasteiger partial charge on any atom is 0.325 e. The lowest BCUT2D eigenvalue weighted by atomic mass is 9.97. The van der Waals surface area contributed by atoms with Gasteiger partial charge in [0, 0.05) is 11.8 Å². The first-order valence-corrected chi connectivity index (χ1v) is 13.0. The Morgan fingerprint density at radius 1 is 1.05 bits per heavy atom. The average molecular weight is 512 g/mol. The summed E-state index contributed by atoms with van der Waals surface area (Å²) in [6, 6.07) is 21.7. The van der Waals surface area contributed by atoms with E-state index in [2.05, 4.69) is 48.0 Å². The van der Waals surface area contributed by atoms with Gasteiger partial charge >= 0.3 is 12.0 Å². The molecular formula is C30H33N5O3. The van der Waals surface area contributed by atoms with Gasteiger partial charge in [0.15, 0.2) is 0 Å². The Bertz CT molecular complexity index is 1440. The number of aromatic nitrogens is 3. The molecule has 2 aromatic carbocycles. The van der Waals surface area contributed by atoms with Gasteiger partial charge in [-0.25, -0.2) is 9.48 Å². The zero-order chi connectivity index (χ0) is 26.8. The van der Waals surface area contributed by atoms with Crippen LogP contribution >= 0.6 is 0 Å². The highest BCUT2D eigenvalue weighted by molar-refractivity contribution is 5.81. The van der Waals surface area contributed by atoms with Crippen molar-refractivity contribution in [1.82, 2.24) is 24.6 Å². The zero-order valence-corrected chi connectivity index (χ0v) is 22.2. The summed E-state index contributed by atoms with van der Waals surface area (Å²) in [6.45, 7) is 8.42. The molecule has 0 bridgehead atoms. The molecule has 1 aliphatic heterocycles. The van der Waals surface area contributed by atoms with Crippen molar-refractivity contribution in [1.29, 1.82) is 0 Å². The maximum absolute atomic E-state index is 13.7. The third kappa shape index (κ3) is 4.69. The fourth-order valence-electron chi connectivity index (χ4n) is 5.02. The minimum Gasteiger partial charge on any atom is -0.465 e. The third-order valence-corrected chi connectivity index (χ3v) is 6.96. The van der Waals surface area contributed by atoms with Gasteiger partial charge in [0.2, 0.25) is 0 Å². The topological polar surface area (TPSA) is 81.4 Å². The van der Waals surface area contributed by atoms with Gasteiger partial charge in [0.1, 0.15) is 12.4 Å². The number of fused-ring (bicyclic) bond motifs is 3. The summed E-state index contributed by atoms with van der Waals surface area (Å²) in [5.41, 5.74) is 5.87. The second-order valence-corrected chi connectivity index (χ2v) is 9.75. The lowest BCUT2D eigenvalue weighted by Crippen LogP contribution is -2.44.